The average Bonchev–Trinajstić information content (AvgIpc) is 2.82. The normalized spacial score (nSPS) is 19.4. The minimum Gasteiger partial charge on any atom is -0.481 e. The van der Waals surface area contributed by atoms with Gasteiger partial charge in [0.2, 0.25) is 0 Å². The van der Waals surface area contributed by atoms with Crippen molar-refractivity contribution in [1.82, 2.24) is 9.88 Å². The Morgan fingerprint density at radius 1 is 1.47 bits per heavy atom. The Hall–Kier alpha value is -1.49. The van der Waals surface area contributed by atoms with E-state index in [9.17, 15) is 9.59 Å². The van der Waals surface area contributed by atoms with Crippen LogP contribution in [-0.4, -0.2) is 39.5 Å². The molecule has 1 fully saturated rings. The summed E-state index contributed by atoms with van der Waals surface area (Å²) >= 11 is 5.80. The highest BCUT2D eigenvalue weighted by Gasteiger charge is 2.28. The van der Waals surface area contributed by atoms with Crippen molar-refractivity contribution >= 4 is 23.5 Å². The average molecular weight is 285 g/mol. The Kier molecular flexibility index (Phi) is 4.47. The van der Waals surface area contributed by atoms with Crippen molar-refractivity contribution in [3.63, 3.8) is 0 Å². The summed E-state index contributed by atoms with van der Waals surface area (Å²) in [6.07, 6.45) is 5.05. The lowest BCUT2D eigenvalue weighted by molar-refractivity contribution is -0.137. The maximum atomic E-state index is 12.4. The first kappa shape index (κ1) is 13.9. The van der Waals surface area contributed by atoms with Crippen LogP contribution >= 0.6 is 11.6 Å². The second-order valence-corrected chi connectivity index (χ2v) is 5.25. The van der Waals surface area contributed by atoms with Crippen LogP contribution in [-0.2, 0) is 4.79 Å². The summed E-state index contributed by atoms with van der Waals surface area (Å²) in [5.41, 5.74) is 0.465. The molecule has 1 saturated heterocycles. The Balaban J connectivity index is 2.06. The molecule has 0 aromatic carbocycles. The number of halogens is 1. The summed E-state index contributed by atoms with van der Waals surface area (Å²) in [5.74, 6) is -0.914. The molecule has 0 aliphatic carbocycles. The topological polar surface area (TPSA) is 73.4 Å². The molecule has 1 aromatic heterocycles. The van der Waals surface area contributed by atoms with E-state index in [1.165, 1.54) is 0 Å². The van der Waals surface area contributed by atoms with E-state index in [1.807, 2.05) is 0 Å². The van der Waals surface area contributed by atoms with Gasteiger partial charge >= 0.3 is 5.97 Å². The lowest BCUT2D eigenvalue weighted by Crippen LogP contribution is -2.44. The molecule has 0 spiro atoms. The molecule has 0 unspecified atom stereocenters. The molecule has 6 heteroatoms. The number of aliphatic carboxylic acids is 1. The molecule has 104 valence electrons. The number of rotatable bonds is 4. The third-order valence-electron chi connectivity index (χ3n) is 3.46. The van der Waals surface area contributed by atoms with Gasteiger partial charge in [0.1, 0.15) is 5.69 Å². The zero-order valence-electron chi connectivity index (χ0n) is 10.6. The zero-order chi connectivity index (χ0) is 13.8. The predicted octanol–water partition coefficient (Wildman–Crippen LogP) is 2.53. The third-order valence-corrected chi connectivity index (χ3v) is 3.68. The number of nitrogens with zero attached hydrogens (tertiary/aromatic N) is 1. The van der Waals surface area contributed by atoms with Crippen molar-refractivity contribution in [2.75, 3.05) is 6.54 Å². The Labute approximate surface area is 116 Å². The molecule has 0 radical (unpaired) electrons. The molecule has 0 saturated carbocycles. The van der Waals surface area contributed by atoms with Gasteiger partial charge in [0.25, 0.3) is 5.91 Å². The highest BCUT2D eigenvalue weighted by Crippen LogP contribution is 2.23. The van der Waals surface area contributed by atoms with E-state index in [4.69, 9.17) is 16.7 Å². The van der Waals surface area contributed by atoms with Crippen molar-refractivity contribution in [2.45, 2.75) is 38.1 Å². The van der Waals surface area contributed by atoms with Crippen LogP contribution in [0.2, 0.25) is 5.02 Å². The number of likely N-dealkylation sites (tertiary alicyclic amines) is 1. The molecule has 2 N–H and O–H groups in total. The first-order valence-electron chi connectivity index (χ1n) is 6.44. The Bertz CT molecular complexity index is 472. The van der Waals surface area contributed by atoms with E-state index >= 15 is 0 Å². The van der Waals surface area contributed by atoms with Crippen LogP contribution in [0.3, 0.4) is 0 Å². The lowest BCUT2D eigenvalue weighted by Gasteiger charge is -2.35. The highest BCUT2D eigenvalue weighted by atomic mass is 35.5. The van der Waals surface area contributed by atoms with Crippen molar-refractivity contribution in [2.24, 2.45) is 0 Å². The lowest BCUT2D eigenvalue weighted by atomic mass is 9.97. The summed E-state index contributed by atoms with van der Waals surface area (Å²) < 4.78 is 0. The predicted molar refractivity (Wildman–Crippen MR) is 71.3 cm³/mol. The molecule has 0 bridgehead atoms. The zero-order valence-corrected chi connectivity index (χ0v) is 11.3. The Morgan fingerprint density at radius 3 is 2.89 bits per heavy atom. The van der Waals surface area contributed by atoms with E-state index in [2.05, 4.69) is 4.98 Å². The standard InChI is InChI=1S/C13H17ClN2O3/c14-9-7-11(15-8-9)13(19)16-6-2-1-3-10(16)4-5-12(17)18/h7-8,10,15H,1-6H2,(H,17,18)/t10-/m1/s1. The van der Waals surface area contributed by atoms with Gasteiger partial charge in [0, 0.05) is 25.2 Å². The van der Waals surface area contributed by atoms with Gasteiger partial charge in [-0.1, -0.05) is 11.6 Å². The van der Waals surface area contributed by atoms with Crippen LogP contribution in [0.1, 0.15) is 42.6 Å². The molecular weight excluding hydrogens is 268 g/mol. The number of carbonyl (C=O) groups is 2. The maximum Gasteiger partial charge on any atom is 0.303 e. The van der Waals surface area contributed by atoms with E-state index in [0.717, 1.165) is 19.3 Å². The fourth-order valence-corrected chi connectivity index (χ4v) is 2.67. The number of aromatic nitrogens is 1. The van der Waals surface area contributed by atoms with Crippen LogP contribution in [0.25, 0.3) is 0 Å². The van der Waals surface area contributed by atoms with Crippen molar-refractivity contribution in [1.29, 1.82) is 0 Å². The molecule has 1 aliphatic rings. The second-order valence-electron chi connectivity index (χ2n) is 4.81. The summed E-state index contributed by atoms with van der Waals surface area (Å²) in [5, 5.41) is 9.26. The molecule has 2 rings (SSSR count). The van der Waals surface area contributed by atoms with Crippen LogP contribution in [0, 0.1) is 0 Å². The fourth-order valence-electron chi connectivity index (χ4n) is 2.50. The number of hydrogen-bond donors (Lipinski definition) is 2. The molecule has 19 heavy (non-hydrogen) atoms. The molecular formula is C13H17ClN2O3. The number of carboxylic acids is 1. The van der Waals surface area contributed by atoms with Crippen LogP contribution in [0.4, 0.5) is 0 Å². The number of nitrogens with one attached hydrogen (secondary N) is 1. The molecule has 5 nitrogen and oxygen atoms in total. The smallest absolute Gasteiger partial charge is 0.303 e. The summed E-state index contributed by atoms with van der Waals surface area (Å²) in [7, 11) is 0. The fraction of sp³-hybridized carbons (Fsp3) is 0.538. The number of H-pyrrole nitrogens is 1. The van der Waals surface area contributed by atoms with Gasteiger partial charge in [0.05, 0.1) is 5.02 Å². The first-order valence-corrected chi connectivity index (χ1v) is 6.82. The largest absolute Gasteiger partial charge is 0.481 e. The van der Waals surface area contributed by atoms with Crippen molar-refractivity contribution in [3.05, 3.63) is 23.0 Å². The van der Waals surface area contributed by atoms with Crippen LogP contribution in [0.5, 0.6) is 0 Å². The first-order chi connectivity index (χ1) is 9.08. The summed E-state index contributed by atoms with van der Waals surface area (Å²) in [6.45, 7) is 0.680. The second kappa shape index (κ2) is 6.10. The van der Waals surface area contributed by atoms with Crippen LogP contribution in [0.15, 0.2) is 12.3 Å². The summed E-state index contributed by atoms with van der Waals surface area (Å²) in [6, 6.07) is 1.62. The van der Waals surface area contributed by atoms with Gasteiger partial charge in [-0.25, -0.2) is 0 Å². The minimum atomic E-state index is -0.819. The third kappa shape index (κ3) is 3.50. The van der Waals surface area contributed by atoms with Gasteiger partial charge in [-0.3, -0.25) is 9.59 Å². The quantitative estimate of drug-likeness (QED) is 0.892. The molecule has 1 amide bonds. The number of amides is 1. The van der Waals surface area contributed by atoms with E-state index in [-0.39, 0.29) is 18.4 Å². The molecule has 1 atom stereocenters. The molecule has 1 aliphatic heterocycles. The number of piperidine rings is 1. The monoisotopic (exact) mass is 284 g/mol. The van der Waals surface area contributed by atoms with Gasteiger partial charge in [-0.15, -0.1) is 0 Å². The highest BCUT2D eigenvalue weighted by molar-refractivity contribution is 6.30. The van der Waals surface area contributed by atoms with Crippen molar-refractivity contribution in [3.8, 4) is 0 Å². The number of carbonyl (C=O) groups excluding carboxylic acids is 1. The van der Waals surface area contributed by atoms with E-state index in [1.54, 1.807) is 17.2 Å². The summed E-state index contributed by atoms with van der Waals surface area (Å²) in [4.78, 5) is 27.6. The number of hydrogen-bond acceptors (Lipinski definition) is 2. The van der Waals surface area contributed by atoms with Crippen LogP contribution < -0.4 is 0 Å². The minimum absolute atomic E-state index is 0.0134. The molecule has 1 aromatic rings. The van der Waals surface area contributed by atoms with Crippen molar-refractivity contribution < 1.29 is 14.7 Å². The van der Waals surface area contributed by atoms with Gasteiger partial charge in [-0.05, 0) is 31.7 Å². The molecule has 2 heterocycles. The number of carboxylic acid groups (broad SMARTS) is 1. The van der Waals surface area contributed by atoms with Gasteiger partial charge < -0.3 is 15.0 Å². The van der Waals surface area contributed by atoms with Gasteiger partial charge in [0.15, 0.2) is 0 Å². The van der Waals surface area contributed by atoms with E-state index < -0.39 is 5.97 Å². The number of aromatic amines is 1. The Morgan fingerprint density at radius 2 is 2.26 bits per heavy atom. The maximum absolute atomic E-state index is 12.4. The van der Waals surface area contributed by atoms with Gasteiger partial charge in [-0.2, -0.15) is 0 Å². The SMILES string of the molecule is O=C(O)CC[C@H]1CCCCN1C(=O)c1cc(Cl)c[nH]1. The van der Waals surface area contributed by atoms with E-state index in [0.29, 0.717) is 23.7 Å².